The van der Waals surface area contributed by atoms with Crippen molar-refractivity contribution >= 4 is 11.8 Å². The van der Waals surface area contributed by atoms with E-state index in [0.717, 1.165) is 23.5 Å². The predicted molar refractivity (Wildman–Crippen MR) is 71.7 cm³/mol. The van der Waals surface area contributed by atoms with Crippen molar-refractivity contribution < 1.29 is 4.39 Å². The number of allylic oxidation sites excluding steroid dienone is 1. The zero-order chi connectivity index (χ0) is 12.1. The van der Waals surface area contributed by atoms with Crippen LogP contribution in [0.5, 0.6) is 0 Å². The maximum Gasteiger partial charge on any atom is 0.124 e. The fourth-order valence-corrected chi connectivity index (χ4v) is 3.01. The van der Waals surface area contributed by atoms with E-state index in [1.165, 1.54) is 24.5 Å². The van der Waals surface area contributed by atoms with Gasteiger partial charge in [0.15, 0.2) is 0 Å². The molecule has 0 amide bonds. The Morgan fingerprint density at radius 2 is 2.24 bits per heavy atom. The molecule has 1 nitrogen and oxygen atoms in total. The second kappa shape index (κ2) is 6.22. The van der Waals surface area contributed by atoms with Crippen LogP contribution in [0.3, 0.4) is 0 Å². The van der Waals surface area contributed by atoms with Gasteiger partial charge in [-0.3, -0.25) is 0 Å². The Bertz CT molecular complexity index is 403. The number of halogens is 1. The molecular weight excluding hydrogens is 233 g/mol. The molecule has 0 bridgehead atoms. The molecule has 17 heavy (non-hydrogen) atoms. The second-order valence-electron chi connectivity index (χ2n) is 4.40. The molecule has 1 atom stereocenters. The van der Waals surface area contributed by atoms with Gasteiger partial charge in [-0.1, -0.05) is 17.7 Å². The molecule has 92 valence electrons. The Morgan fingerprint density at radius 3 is 2.94 bits per heavy atom. The minimum Gasteiger partial charge on any atom is -0.324 e. The lowest BCUT2D eigenvalue weighted by Gasteiger charge is -2.19. The van der Waals surface area contributed by atoms with Gasteiger partial charge in [-0.05, 0) is 43.9 Å². The van der Waals surface area contributed by atoms with E-state index in [1.54, 1.807) is 23.9 Å². The summed E-state index contributed by atoms with van der Waals surface area (Å²) < 4.78 is 13.0. The van der Waals surface area contributed by atoms with Crippen molar-refractivity contribution in [1.29, 1.82) is 0 Å². The number of hydrogen-bond acceptors (Lipinski definition) is 2. The van der Waals surface area contributed by atoms with Crippen LogP contribution in [0.15, 0.2) is 40.8 Å². The monoisotopic (exact) mass is 251 g/mol. The maximum absolute atomic E-state index is 13.0. The maximum atomic E-state index is 13.0. The molecule has 1 aliphatic rings. The summed E-state index contributed by atoms with van der Waals surface area (Å²) in [6.07, 6.45) is 7.11. The van der Waals surface area contributed by atoms with E-state index >= 15 is 0 Å². The Labute approximate surface area is 106 Å². The summed E-state index contributed by atoms with van der Waals surface area (Å²) in [6.45, 7) is 0. The molecule has 1 unspecified atom stereocenters. The van der Waals surface area contributed by atoms with Gasteiger partial charge < -0.3 is 5.73 Å². The van der Waals surface area contributed by atoms with Gasteiger partial charge in [-0.2, -0.15) is 0 Å². The molecule has 0 aliphatic heterocycles. The smallest absolute Gasteiger partial charge is 0.124 e. The molecular formula is C14H18FNS. The highest BCUT2D eigenvalue weighted by molar-refractivity contribution is 7.99. The zero-order valence-electron chi connectivity index (χ0n) is 9.86. The van der Waals surface area contributed by atoms with Crippen LogP contribution in [0, 0.1) is 5.82 Å². The van der Waals surface area contributed by atoms with E-state index in [2.05, 4.69) is 6.08 Å². The fraction of sp³-hybridized carbons (Fsp3) is 0.429. The molecule has 3 heteroatoms. The molecule has 1 aromatic carbocycles. The summed E-state index contributed by atoms with van der Waals surface area (Å²) in [5, 5.41) is 0. The standard InChI is InChI=1S/C14H18FNS/c15-12-7-4-8-13(9-12)17-10-14(16)11-5-2-1-3-6-11/h4-5,7-9,14H,1-3,6,10,16H2. The molecule has 0 fully saturated rings. The third-order valence-corrected chi connectivity index (χ3v) is 4.14. The van der Waals surface area contributed by atoms with Crippen LogP contribution in [0.25, 0.3) is 0 Å². The number of hydrogen-bond donors (Lipinski definition) is 1. The molecule has 2 rings (SSSR count). The van der Waals surface area contributed by atoms with E-state index in [4.69, 9.17) is 5.73 Å². The fourth-order valence-electron chi connectivity index (χ4n) is 2.05. The first-order valence-corrected chi connectivity index (χ1v) is 7.07. The highest BCUT2D eigenvalue weighted by Gasteiger charge is 2.12. The predicted octanol–water partition coefficient (Wildman–Crippen LogP) is 3.75. The van der Waals surface area contributed by atoms with E-state index < -0.39 is 0 Å². The van der Waals surface area contributed by atoms with Crippen molar-refractivity contribution in [1.82, 2.24) is 0 Å². The number of rotatable bonds is 4. The van der Waals surface area contributed by atoms with Gasteiger partial charge in [-0.15, -0.1) is 11.8 Å². The van der Waals surface area contributed by atoms with Crippen LogP contribution in [-0.2, 0) is 0 Å². The van der Waals surface area contributed by atoms with Crippen LogP contribution in [0.1, 0.15) is 25.7 Å². The van der Waals surface area contributed by atoms with E-state index in [-0.39, 0.29) is 11.9 Å². The highest BCUT2D eigenvalue weighted by Crippen LogP contribution is 2.24. The third kappa shape index (κ3) is 3.86. The van der Waals surface area contributed by atoms with Crippen molar-refractivity contribution in [3.8, 4) is 0 Å². The zero-order valence-corrected chi connectivity index (χ0v) is 10.7. The van der Waals surface area contributed by atoms with E-state index in [0.29, 0.717) is 0 Å². The average molecular weight is 251 g/mol. The van der Waals surface area contributed by atoms with Crippen molar-refractivity contribution in [3.63, 3.8) is 0 Å². The normalized spacial score (nSPS) is 17.6. The topological polar surface area (TPSA) is 26.0 Å². The largest absolute Gasteiger partial charge is 0.324 e. The summed E-state index contributed by atoms with van der Waals surface area (Å²) in [5.41, 5.74) is 7.53. The third-order valence-electron chi connectivity index (χ3n) is 3.03. The van der Waals surface area contributed by atoms with Crippen LogP contribution >= 0.6 is 11.8 Å². The first-order valence-electron chi connectivity index (χ1n) is 6.08. The van der Waals surface area contributed by atoms with Crippen molar-refractivity contribution in [2.45, 2.75) is 36.6 Å². The minimum absolute atomic E-state index is 0.114. The molecule has 0 spiro atoms. The molecule has 0 saturated carbocycles. The summed E-state index contributed by atoms with van der Waals surface area (Å²) in [7, 11) is 0. The minimum atomic E-state index is -0.180. The van der Waals surface area contributed by atoms with Crippen LogP contribution in [-0.4, -0.2) is 11.8 Å². The van der Waals surface area contributed by atoms with Gasteiger partial charge in [0.1, 0.15) is 5.82 Å². The Kier molecular flexibility index (Phi) is 4.63. The number of benzene rings is 1. The lowest BCUT2D eigenvalue weighted by Crippen LogP contribution is -2.26. The van der Waals surface area contributed by atoms with Crippen molar-refractivity contribution in [2.24, 2.45) is 5.73 Å². The van der Waals surface area contributed by atoms with Gasteiger partial charge in [0.05, 0.1) is 0 Å². The van der Waals surface area contributed by atoms with E-state index in [9.17, 15) is 4.39 Å². The first-order chi connectivity index (χ1) is 8.25. The van der Waals surface area contributed by atoms with Gasteiger partial charge in [-0.25, -0.2) is 4.39 Å². The Balaban J connectivity index is 1.87. The lowest BCUT2D eigenvalue weighted by atomic mass is 9.95. The van der Waals surface area contributed by atoms with Gasteiger partial charge in [0.25, 0.3) is 0 Å². The van der Waals surface area contributed by atoms with Crippen LogP contribution < -0.4 is 5.73 Å². The quantitative estimate of drug-likeness (QED) is 0.651. The molecule has 0 saturated heterocycles. The van der Waals surface area contributed by atoms with Gasteiger partial charge in [0, 0.05) is 16.7 Å². The lowest BCUT2D eigenvalue weighted by molar-refractivity contribution is 0.624. The summed E-state index contributed by atoms with van der Waals surface area (Å²) in [5.74, 6) is 0.649. The van der Waals surface area contributed by atoms with Crippen LogP contribution in [0.4, 0.5) is 4.39 Å². The SMILES string of the molecule is NC(CSc1cccc(F)c1)C1=CCCCC1. The first kappa shape index (κ1) is 12.7. The van der Waals surface area contributed by atoms with Gasteiger partial charge in [0.2, 0.25) is 0 Å². The molecule has 0 heterocycles. The molecule has 1 aliphatic carbocycles. The molecule has 0 radical (unpaired) electrons. The number of thioether (sulfide) groups is 1. The van der Waals surface area contributed by atoms with Crippen molar-refractivity contribution in [3.05, 3.63) is 41.7 Å². The van der Waals surface area contributed by atoms with Gasteiger partial charge >= 0.3 is 0 Å². The molecule has 2 N–H and O–H groups in total. The average Bonchev–Trinajstić information content (AvgIpc) is 2.37. The summed E-state index contributed by atoms with van der Waals surface area (Å²) in [4.78, 5) is 0.955. The van der Waals surface area contributed by atoms with E-state index in [1.807, 2.05) is 6.07 Å². The number of nitrogens with two attached hydrogens (primary N) is 1. The van der Waals surface area contributed by atoms with Crippen LogP contribution in [0.2, 0.25) is 0 Å². The summed E-state index contributed by atoms with van der Waals surface area (Å²) >= 11 is 1.63. The molecule has 1 aromatic rings. The summed E-state index contributed by atoms with van der Waals surface area (Å²) in [6, 6.07) is 6.81. The Morgan fingerprint density at radius 1 is 1.35 bits per heavy atom. The second-order valence-corrected chi connectivity index (χ2v) is 5.49. The van der Waals surface area contributed by atoms with Crippen molar-refractivity contribution in [2.75, 3.05) is 5.75 Å². The highest BCUT2D eigenvalue weighted by atomic mass is 32.2. The molecule has 0 aromatic heterocycles. The Hall–Kier alpha value is -0.800.